The van der Waals surface area contributed by atoms with E-state index in [9.17, 15) is 13.6 Å². The smallest absolute Gasteiger partial charge is 0.337 e. The molecule has 0 fully saturated rings. The molecule has 13 heavy (non-hydrogen) atoms. The van der Waals surface area contributed by atoms with E-state index >= 15 is 0 Å². The van der Waals surface area contributed by atoms with E-state index in [1.54, 1.807) is 0 Å². The third-order valence-electron chi connectivity index (χ3n) is 1.40. The predicted molar refractivity (Wildman–Crippen MR) is 38.0 cm³/mol. The molecule has 1 aromatic rings. The van der Waals surface area contributed by atoms with Crippen LogP contribution in [0.15, 0.2) is 12.1 Å². The quantitative estimate of drug-likeness (QED) is 0.718. The number of nitrogens with zero attached hydrogens (tertiary/aromatic N) is 1. The van der Waals surface area contributed by atoms with Gasteiger partial charge in [-0.2, -0.15) is 5.26 Å². The van der Waals surface area contributed by atoms with Gasteiger partial charge in [-0.05, 0) is 6.07 Å². The Morgan fingerprint density at radius 2 is 2.08 bits per heavy atom. The fraction of sp³-hybridized carbons (Fsp3) is 0. The van der Waals surface area contributed by atoms with E-state index in [2.05, 4.69) is 0 Å². The van der Waals surface area contributed by atoms with Crippen molar-refractivity contribution >= 4 is 5.97 Å². The Morgan fingerprint density at radius 1 is 1.46 bits per heavy atom. The van der Waals surface area contributed by atoms with E-state index < -0.39 is 28.7 Å². The van der Waals surface area contributed by atoms with Gasteiger partial charge in [-0.3, -0.25) is 0 Å². The number of carbonyl (C=O) groups is 1. The number of hydrogen-bond donors (Lipinski definition) is 1. The zero-order valence-electron chi connectivity index (χ0n) is 6.21. The summed E-state index contributed by atoms with van der Waals surface area (Å²) in [5, 5.41) is 16.8. The van der Waals surface area contributed by atoms with Crippen LogP contribution in [0.5, 0.6) is 0 Å². The minimum absolute atomic E-state index is 0.463. The second-order valence-electron chi connectivity index (χ2n) is 2.23. The van der Waals surface area contributed by atoms with Gasteiger partial charge in [-0.15, -0.1) is 0 Å². The van der Waals surface area contributed by atoms with Gasteiger partial charge in [0.2, 0.25) is 0 Å². The zero-order chi connectivity index (χ0) is 10.0. The molecule has 0 bridgehead atoms. The molecule has 0 amide bonds. The van der Waals surface area contributed by atoms with Crippen LogP contribution in [0.1, 0.15) is 15.9 Å². The average molecular weight is 183 g/mol. The Hall–Kier alpha value is -1.96. The molecule has 0 aliphatic carbocycles. The summed E-state index contributed by atoms with van der Waals surface area (Å²) in [7, 11) is 0. The van der Waals surface area contributed by atoms with Gasteiger partial charge < -0.3 is 5.11 Å². The summed E-state index contributed by atoms with van der Waals surface area (Å²) in [5.74, 6) is -3.72. The van der Waals surface area contributed by atoms with Crippen molar-refractivity contribution in [3.63, 3.8) is 0 Å². The highest BCUT2D eigenvalue weighted by Crippen LogP contribution is 2.14. The lowest BCUT2D eigenvalue weighted by molar-refractivity contribution is 0.0695. The molecule has 0 aliphatic heterocycles. The largest absolute Gasteiger partial charge is 0.478 e. The molecule has 0 aliphatic rings. The molecule has 0 unspecified atom stereocenters. The SMILES string of the molecule is N#Cc1c(F)cc(F)cc1C(=O)O. The minimum Gasteiger partial charge on any atom is -0.478 e. The number of nitriles is 1. The van der Waals surface area contributed by atoms with Gasteiger partial charge in [0.15, 0.2) is 0 Å². The third-order valence-corrected chi connectivity index (χ3v) is 1.40. The third kappa shape index (κ3) is 1.62. The summed E-state index contributed by atoms with van der Waals surface area (Å²) < 4.78 is 25.2. The Morgan fingerprint density at radius 3 is 2.54 bits per heavy atom. The lowest BCUT2D eigenvalue weighted by Crippen LogP contribution is -2.03. The van der Waals surface area contributed by atoms with Crippen LogP contribution in [0.3, 0.4) is 0 Å². The highest BCUT2D eigenvalue weighted by atomic mass is 19.1. The standard InChI is InChI=1S/C8H3F2NO2/c9-4-1-5(8(12)13)6(3-11)7(10)2-4/h1-2H,(H,12,13). The van der Waals surface area contributed by atoms with E-state index in [0.29, 0.717) is 12.1 Å². The maximum Gasteiger partial charge on any atom is 0.337 e. The summed E-state index contributed by atoms with van der Waals surface area (Å²) in [6, 6.07) is 2.41. The van der Waals surface area contributed by atoms with Crippen LogP contribution in [0.4, 0.5) is 8.78 Å². The fourth-order valence-electron chi connectivity index (χ4n) is 0.856. The van der Waals surface area contributed by atoms with Crippen LogP contribution in [-0.4, -0.2) is 11.1 Å². The molecule has 1 N–H and O–H groups in total. The summed E-state index contributed by atoms with van der Waals surface area (Å²) in [4.78, 5) is 10.4. The van der Waals surface area contributed by atoms with E-state index in [0.717, 1.165) is 0 Å². The molecule has 1 rings (SSSR count). The molecule has 0 saturated carbocycles. The molecular weight excluding hydrogens is 180 g/mol. The van der Waals surface area contributed by atoms with Crippen molar-refractivity contribution < 1.29 is 18.7 Å². The Labute approximate surface area is 71.8 Å². The molecule has 0 atom stereocenters. The second-order valence-corrected chi connectivity index (χ2v) is 2.23. The summed E-state index contributed by atoms with van der Waals surface area (Å²) in [5.41, 5.74) is -1.33. The maximum atomic E-state index is 12.7. The number of aromatic carboxylic acids is 1. The Bertz CT molecular complexity index is 409. The van der Waals surface area contributed by atoms with Crippen LogP contribution in [0.2, 0.25) is 0 Å². The second kappa shape index (κ2) is 3.19. The topological polar surface area (TPSA) is 61.1 Å². The molecule has 1 aromatic carbocycles. The number of carboxylic acids is 1. The number of carboxylic acid groups (broad SMARTS) is 1. The van der Waals surface area contributed by atoms with Gasteiger partial charge in [0.25, 0.3) is 0 Å². The molecule has 3 nitrogen and oxygen atoms in total. The zero-order valence-corrected chi connectivity index (χ0v) is 6.21. The van der Waals surface area contributed by atoms with Gasteiger partial charge in [-0.25, -0.2) is 13.6 Å². The monoisotopic (exact) mass is 183 g/mol. The molecule has 0 radical (unpaired) electrons. The lowest BCUT2D eigenvalue weighted by atomic mass is 10.1. The van der Waals surface area contributed by atoms with Gasteiger partial charge in [-0.1, -0.05) is 0 Å². The normalized spacial score (nSPS) is 9.31. The van der Waals surface area contributed by atoms with E-state index in [1.165, 1.54) is 6.07 Å². The summed E-state index contributed by atoms with van der Waals surface area (Å²) >= 11 is 0. The van der Waals surface area contributed by atoms with Crippen molar-refractivity contribution in [1.82, 2.24) is 0 Å². The number of halogens is 2. The van der Waals surface area contributed by atoms with Crippen molar-refractivity contribution in [3.05, 3.63) is 34.9 Å². The van der Waals surface area contributed by atoms with Gasteiger partial charge in [0, 0.05) is 6.07 Å². The van der Waals surface area contributed by atoms with E-state index in [-0.39, 0.29) is 0 Å². The van der Waals surface area contributed by atoms with Crippen LogP contribution in [-0.2, 0) is 0 Å². The van der Waals surface area contributed by atoms with Crippen molar-refractivity contribution in [2.75, 3.05) is 0 Å². The first kappa shape index (κ1) is 9.13. The molecule has 5 heteroatoms. The summed E-state index contributed by atoms with van der Waals surface area (Å²) in [6.45, 7) is 0. The maximum absolute atomic E-state index is 12.7. The highest BCUT2D eigenvalue weighted by molar-refractivity contribution is 5.90. The molecular formula is C8H3F2NO2. The predicted octanol–water partition coefficient (Wildman–Crippen LogP) is 1.53. The van der Waals surface area contributed by atoms with Crippen LogP contribution in [0, 0.1) is 23.0 Å². The molecule has 0 heterocycles. The molecule has 0 aromatic heterocycles. The van der Waals surface area contributed by atoms with Crippen LogP contribution >= 0.6 is 0 Å². The highest BCUT2D eigenvalue weighted by Gasteiger charge is 2.15. The Kier molecular flexibility index (Phi) is 2.24. The van der Waals surface area contributed by atoms with Gasteiger partial charge >= 0.3 is 5.97 Å². The van der Waals surface area contributed by atoms with E-state index in [1.807, 2.05) is 0 Å². The van der Waals surface area contributed by atoms with Crippen molar-refractivity contribution in [3.8, 4) is 6.07 Å². The summed E-state index contributed by atoms with van der Waals surface area (Å²) in [6.07, 6.45) is 0. The van der Waals surface area contributed by atoms with Crippen molar-refractivity contribution in [2.24, 2.45) is 0 Å². The average Bonchev–Trinajstić information content (AvgIpc) is 2.02. The fourth-order valence-corrected chi connectivity index (χ4v) is 0.856. The number of hydrogen-bond acceptors (Lipinski definition) is 2. The van der Waals surface area contributed by atoms with Crippen molar-refractivity contribution in [2.45, 2.75) is 0 Å². The minimum atomic E-state index is -1.53. The Balaban J connectivity index is 3.50. The number of rotatable bonds is 1. The number of benzene rings is 1. The molecule has 0 saturated heterocycles. The lowest BCUT2D eigenvalue weighted by Gasteiger charge is -1.99. The van der Waals surface area contributed by atoms with Crippen LogP contribution in [0.25, 0.3) is 0 Å². The van der Waals surface area contributed by atoms with Crippen LogP contribution < -0.4 is 0 Å². The van der Waals surface area contributed by atoms with E-state index in [4.69, 9.17) is 10.4 Å². The molecule has 66 valence electrons. The first-order chi connectivity index (χ1) is 6.06. The first-order valence-electron chi connectivity index (χ1n) is 3.18. The van der Waals surface area contributed by atoms with Crippen molar-refractivity contribution in [1.29, 1.82) is 5.26 Å². The van der Waals surface area contributed by atoms with Gasteiger partial charge in [0.05, 0.1) is 5.56 Å². The van der Waals surface area contributed by atoms with Gasteiger partial charge in [0.1, 0.15) is 23.3 Å². The first-order valence-corrected chi connectivity index (χ1v) is 3.18. The molecule has 0 spiro atoms.